The molecule has 2 unspecified atom stereocenters. The van der Waals surface area contributed by atoms with Crippen LogP contribution in [0.5, 0.6) is 0 Å². The zero-order chi connectivity index (χ0) is 13.8. The zero-order valence-electron chi connectivity index (χ0n) is 11.9. The van der Waals surface area contributed by atoms with E-state index in [4.69, 9.17) is 0 Å². The van der Waals surface area contributed by atoms with E-state index in [9.17, 15) is 5.11 Å². The Balaban J connectivity index is 2.21. The molecule has 1 N–H and O–H groups in total. The lowest BCUT2D eigenvalue weighted by Crippen LogP contribution is -2.25. The molecule has 3 heteroatoms. The average molecular weight is 326 g/mol. The van der Waals surface area contributed by atoms with E-state index < -0.39 is 6.10 Å². The molecule has 1 aromatic rings. The Bertz CT molecular complexity index is 419. The molecule has 1 saturated heterocycles. The average Bonchev–Trinajstić information content (AvgIpc) is 2.63. The van der Waals surface area contributed by atoms with Crippen molar-refractivity contribution < 1.29 is 5.11 Å². The van der Waals surface area contributed by atoms with Gasteiger partial charge in [-0.15, -0.1) is 0 Å². The number of aliphatic hydroxyl groups is 1. The molecule has 0 spiro atoms. The first kappa shape index (κ1) is 14.9. The van der Waals surface area contributed by atoms with Gasteiger partial charge in [0.25, 0.3) is 0 Å². The number of anilines is 1. The minimum atomic E-state index is -0.419. The van der Waals surface area contributed by atoms with Crippen LogP contribution in [0.1, 0.15) is 51.2 Å². The Hall–Kier alpha value is -0.540. The molecule has 1 aliphatic rings. The number of halogens is 1. The van der Waals surface area contributed by atoms with Gasteiger partial charge in [0.2, 0.25) is 0 Å². The second-order valence-electron chi connectivity index (χ2n) is 5.57. The van der Waals surface area contributed by atoms with Gasteiger partial charge < -0.3 is 10.0 Å². The summed E-state index contributed by atoms with van der Waals surface area (Å²) >= 11 is 3.50. The fourth-order valence-corrected chi connectivity index (χ4v) is 3.34. The molecule has 1 aromatic carbocycles. The number of aliphatic hydroxyl groups excluding tert-OH is 1. The first-order chi connectivity index (χ1) is 9.11. The second-order valence-corrected chi connectivity index (χ2v) is 6.49. The fourth-order valence-electron chi connectivity index (χ4n) is 2.96. The molecular formula is C16H24BrNO. The van der Waals surface area contributed by atoms with Crippen molar-refractivity contribution in [3.05, 3.63) is 28.2 Å². The first-order valence-corrected chi connectivity index (χ1v) is 8.13. The van der Waals surface area contributed by atoms with Crippen LogP contribution in [0.3, 0.4) is 0 Å². The highest BCUT2D eigenvalue weighted by Crippen LogP contribution is 2.32. The van der Waals surface area contributed by atoms with Crippen molar-refractivity contribution in [3.63, 3.8) is 0 Å². The Morgan fingerprint density at radius 2 is 2.16 bits per heavy atom. The lowest BCUT2D eigenvalue weighted by molar-refractivity contribution is 0.199. The molecule has 1 fully saturated rings. The molecule has 0 amide bonds. The minimum Gasteiger partial charge on any atom is -0.389 e. The highest BCUT2D eigenvalue weighted by molar-refractivity contribution is 9.10. The van der Waals surface area contributed by atoms with Gasteiger partial charge in [-0.1, -0.05) is 29.3 Å². The van der Waals surface area contributed by atoms with Gasteiger partial charge in [0.15, 0.2) is 0 Å². The maximum absolute atomic E-state index is 9.98. The van der Waals surface area contributed by atoms with Crippen molar-refractivity contribution in [2.45, 2.75) is 45.6 Å². The van der Waals surface area contributed by atoms with Crippen LogP contribution in [0, 0.1) is 5.92 Å². The van der Waals surface area contributed by atoms with E-state index in [-0.39, 0.29) is 0 Å². The molecule has 2 rings (SSSR count). The van der Waals surface area contributed by atoms with Crippen LogP contribution in [0.25, 0.3) is 0 Å². The van der Waals surface area contributed by atoms with E-state index in [0.717, 1.165) is 29.0 Å². The fraction of sp³-hybridized carbons (Fsp3) is 0.625. The number of hydrogen-bond donors (Lipinski definition) is 1. The predicted molar refractivity (Wildman–Crippen MR) is 84.6 cm³/mol. The van der Waals surface area contributed by atoms with E-state index in [1.165, 1.54) is 31.4 Å². The first-order valence-electron chi connectivity index (χ1n) is 7.34. The highest BCUT2D eigenvalue weighted by atomic mass is 79.9. The van der Waals surface area contributed by atoms with Crippen molar-refractivity contribution in [1.82, 2.24) is 0 Å². The summed E-state index contributed by atoms with van der Waals surface area (Å²) in [5.74, 6) is 0.871. The van der Waals surface area contributed by atoms with Gasteiger partial charge in [-0.2, -0.15) is 0 Å². The lowest BCUT2D eigenvalue weighted by atomic mass is 9.98. The molecule has 2 nitrogen and oxygen atoms in total. The summed E-state index contributed by atoms with van der Waals surface area (Å²) in [6, 6.07) is 6.25. The van der Waals surface area contributed by atoms with E-state index in [1.807, 2.05) is 13.0 Å². The Morgan fingerprint density at radius 1 is 1.37 bits per heavy atom. The predicted octanol–water partition coefficient (Wildman–Crippen LogP) is 4.52. The highest BCUT2D eigenvalue weighted by Gasteiger charge is 2.19. The summed E-state index contributed by atoms with van der Waals surface area (Å²) in [6.07, 6.45) is 4.74. The van der Waals surface area contributed by atoms with Crippen LogP contribution < -0.4 is 4.90 Å². The van der Waals surface area contributed by atoms with Gasteiger partial charge in [-0.3, -0.25) is 0 Å². The maximum atomic E-state index is 9.98. The third kappa shape index (κ3) is 3.73. The van der Waals surface area contributed by atoms with E-state index in [2.05, 4.69) is 39.9 Å². The smallest absolute Gasteiger partial charge is 0.0782 e. The van der Waals surface area contributed by atoms with Crippen molar-refractivity contribution in [1.29, 1.82) is 0 Å². The summed E-state index contributed by atoms with van der Waals surface area (Å²) in [5, 5.41) is 9.98. The van der Waals surface area contributed by atoms with Gasteiger partial charge in [0.1, 0.15) is 0 Å². The van der Waals surface area contributed by atoms with Gasteiger partial charge in [0.05, 0.1) is 6.10 Å². The second kappa shape index (κ2) is 6.76. The van der Waals surface area contributed by atoms with Gasteiger partial charge in [-0.05, 0) is 50.3 Å². The molecule has 0 aliphatic carbocycles. The monoisotopic (exact) mass is 325 g/mol. The topological polar surface area (TPSA) is 23.5 Å². The van der Waals surface area contributed by atoms with Gasteiger partial charge >= 0.3 is 0 Å². The maximum Gasteiger partial charge on any atom is 0.0782 e. The largest absolute Gasteiger partial charge is 0.389 e. The van der Waals surface area contributed by atoms with Crippen LogP contribution in [-0.2, 0) is 0 Å². The Labute approximate surface area is 124 Å². The third-order valence-corrected chi connectivity index (χ3v) is 4.70. The lowest BCUT2D eigenvalue weighted by Gasteiger charge is -2.27. The molecule has 106 valence electrons. The number of rotatable bonds is 3. The van der Waals surface area contributed by atoms with Crippen LogP contribution in [0.15, 0.2) is 22.7 Å². The summed E-state index contributed by atoms with van der Waals surface area (Å²) in [6.45, 7) is 6.36. The van der Waals surface area contributed by atoms with Crippen LogP contribution in [0.2, 0.25) is 0 Å². The van der Waals surface area contributed by atoms with Crippen LogP contribution >= 0.6 is 15.9 Å². The number of benzene rings is 1. The Kier molecular flexibility index (Phi) is 5.28. The van der Waals surface area contributed by atoms with Crippen molar-refractivity contribution in [2.24, 2.45) is 5.92 Å². The molecule has 0 bridgehead atoms. The SMILES string of the molecule is CCC1CCCN(c2ccc(Br)cc2C(C)O)CC1. The van der Waals surface area contributed by atoms with Crippen molar-refractivity contribution >= 4 is 21.6 Å². The number of nitrogens with zero attached hydrogens (tertiary/aromatic N) is 1. The molecule has 0 radical (unpaired) electrons. The molecule has 1 aliphatic heterocycles. The molecule has 0 saturated carbocycles. The Morgan fingerprint density at radius 3 is 2.84 bits per heavy atom. The number of hydrogen-bond acceptors (Lipinski definition) is 2. The summed E-state index contributed by atoms with van der Waals surface area (Å²) in [5.41, 5.74) is 2.24. The van der Waals surface area contributed by atoms with Crippen molar-refractivity contribution in [2.75, 3.05) is 18.0 Å². The molecule has 19 heavy (non-hydrogen) atoms. The standard InChI is InChI=1S/C16H24BrNO/c1-3-13-5-4-9-18(10-8-13)16-7-6-14(17)11-15(16)12(2)19/h6-7,11-13,19H,3-5,8-10H2,1-2H3. The molecular weight excluding hydrogens is 302 g/mol. The molecule has 0 aromatic heterocycles. The van der Waals surface area contributed by atoms with Gasteiger partial charge in [-0.25, -0.2) is 0 Å². The van der Waals surface area contributed by atoms with E-state index in [0.29, 0.717) is 0 Å². The summed E-state index contributed by atoms with van der Waals surface area (Å²) in [7, 11) is 0. The quantitative estimate of drug-likeness (QED) is 0.883. The van der Waals surface area contributed by atoms with E-state index >= 15 is 0 Å². The molecule has 2 atom stereocenters. The van der Waals surface area contributed by atoms with Crippen LogP contribution in [-0.4, -0.2) is 18.2 Å². The van der Waals surface area contributed by atoms with Gasteiger partial charge in [0, 0.05) is 28.8 Å². The normalized spacial score (nSPS) is 22.1. The zero-order valence-corrected chi connectivity index (χ0v) is 13.5. The van der Waals surface area contributed by atoms with Crippen molar-refractivity contribution in [3.8, 4) is 0 Å². The van der Waals surface area contributed by atoms with E-state index in [1.54, 1.807) is 0 Å². The minimum absolute atomic E-state index is 0.419. The summed E-state index contributed by atoms with van der Waals surface area (Å²) < 4.78 is 1.04. The summed E-state index contributed by atoms with van der Waals surface area (Å²) in [4.78, 5) is 2.45. The molecule has 1 heterocycles. The van der Waals surface area contributed by atoms with Crippen LogP contribution in [0.4, 0.5) is 5.69 Å². The third-order valence-electron chi connectivity index (χ3n) is 4.21.